The molecule has 0 aliphatic carbocycles. The van der Waals surface area contributed by atoms with Gasteiger partial charge in [0.25, 0.3) is 0 Å². The second-order valence-corrected chi connectivity index (χ2v) is 2.88. The van der Waals surface area contributed by atoms with E-state index in [0.717, 1.165) is 0 Å². The number of esters is 1. The van der Waals surface area contributed by atoms with Crippen molar-refractivity contribution in [2.75, 3.05) is 0 Å². The third kappa shape index (κ3) is 3.86. The van der Waals surface area contributed by atoms with Gasteiger partial charge >= 0.3 is 11.9 Å². The lowest BCUT2D eigenvalue weighted by atomic mass is 10.1. The normalized spacial score (nSPS) is 15.2. The zero-order valence-corrected chi connectivity index (χ0v) is 7.56. The highest BCUT2D eigenvalue weighted by atomic mass is 16.5. The summed E-state index contributed by atoms with van der Waals surface area (Å²) in [5.74, 6) is -2.13. The highest BCUT2D eigenvalue weighted by molar-refractivity contribution is 5.85. The number of carbonyl (C=O) groups excluding carboxylic acids is 1. The van der Waals surface area contributed by atoms with Crippen molar-refractivity contribution in [3.05, 3.63) is 0 Å². The molecule has 0 aliphatic rings. The van der Waals surface area contributed by atoms with Gasteiger partial charge in [0, 0.05) is 0 Å². The van der Waals surface area contributed by atoms with E-state index in [1.165, 1.54) is 0 Å². The van der Waals surface area contributed by atoms with Crippen molar-refractivity contribution < 1.29 is 19.4 Å². The van der Waals surface area contributed by atoms with E-state index in [4.69, 9.17) is 16.6 Å². The van der Waals surface area contributed by atoms with Gasteiger partial charge in [0.05, 0.1) is 6.10 Å². The average molecular weight is 190 g/mol. The van der Waals surface area contributed by atoms with Crippen molar-refractivity contribution in [3.63, 3.8) is 0 Å². The van der Waals surface area contributed by atoms with Crippen LogP contribution in [0.5, 0.6) is 0 Å². The molecule has 0 aromatic carbocycles. The molecule has 76 valence electrons. The molecule has 0 saturated heterocycles. The second-order valence-electron chi connectivity index (χ2n) is 2.88. The maximum Gasteiger partial charge on any atom is 0.325 e. The molecule has 0 saturated carbocycles. The Hall–Kier alpha value is -1.14. The van der Waals surface area contributed by atoms with E-state index < -0.39 is 24.0 Å². The van der Waals surface area contributed by atoms with Gasteiger partial charge in [0.1, 0.15) is 12.1 Å². The zero-order valence-electron chi connectivity index (χ0n) is 7.56. The lowest BCUT2D eigenvalue weighted by Crippen LogP contribution is -2.52. The summed E-state index contributed by atoms with van der Waals surface area (Å²) in [6.45, 7) is 3.27. The third-order valence-corrected chi connectivity index (χ3v) is 1.30. The monoisotopic (exact) mass is 190 g/mol. The Kier molecular flexibility index (Phi) is 4.36. The number of nitrogens with two attached hydrogens (primary N) is 2. The van der Waals surface area contributed by atoms with Gasteiger partial charge in [-0.1, -0.05) is 0 Å². The van der Waals surface area contributed by atoms with Gasteiger partial charge in [-0.2, -0.15) is 0 Å². The van der Waals surface area contributed by atoms with Gasteiger partial charge in [-0.15, -0.1) is 0 Å². The van der Waals surface area contributed by atoms with Crippen LogP contribution in [0, 0.1) is 0 Å². The summed E-state index contributed by atoms with van der Waals surface area (Å²) in [6.07, 6.45) is -0.334. The van der Waals surface area contributed by atoms with Crippen molar-refractivity contribution in [1.29, 1.82) is 0 Å². The predicted molar refractivity (Wildman–Crippen MR) is 44.8 cm³/mol. The van der Waals surface area contributed by atoms with E-state index in [-0.39, 0.29) is 6.10 Å². The van der Waals surface area contributed by atoms with Crippen molar-refractivity contribution in [1.82, 2.24) is 0 Å². The minimum Gasteiger partial charge on any atom is -0.480 e. The van der Waals surface area contributed by atoms with Crippen LogP contribution in [0.25, 0.3) is 0 Å². The van der Waals surface area contributed by atoms with Crippen LogP contribution < -0.4 is 11.5 Å². The molecular weight excluding hydrogens is 176 g/mol. The first-order valence-electron chi connectivity index (χ1n) is 3.80. The lowest BCUT2D eigenvalue weighted by Gasteiger charge is -2.16. The van der Waals surface area contributed by atoms with Gasteiger partial charge in [0.2, 0.25) is 0 Å². The standard InChI is InChI=1S/C7H14N2O4/c1-3(2)13-7(12)5(9)4(8)6(10)11/h3-5H,8-9H2,1-2H3,(H,10,11)/t4?,5-/m0/s1. The van der Waals surface area contributed by atoms with E-state index in [1.807, 2.05) is 0 Å². The maximum absolute atomic E-state index is 11.0. The smallest absolute Gasteiger partial charge is 0.325 e. The second kappa shape index (κ2) is 4.78. The maximum atomic E-state index is 11.0. The number of aliphatic carboxylic acids is 1. The molecule has 0 radical (unpaired) electrons. The van der Waals surface area contributed by atoms with Crippen molar-refractivity contribution >= 4 is 11.9 Å². The van der Waals surface area contributed by atoms with E-state index >= 15 is 0 Å². The van der Waals surface area contributed by atoms with Crippen LogP contribution in [0.15, 0.2) is 0 Å². The molecule has 5 N–H and O–H groups in total. The Balaban J connectivity index is 4.17. The molecule has 0 fully saturated rings. The van der Waals surface area contributed by atoms with Crippen LogP contribution in [0.4, 0.5) is 0 Å². The molecule has 0 bridgehead atoms. The Morgan fingerprint density at radius 1 is 1.23 bits per heavy atom. The highest BCUT2D eigenvalue weighted by Gasteiger charge is 2.28. The fraction of sp³-hybridized carbons (Fsp3) is 0.714. The van der Waals surface area contributed by atoms with Crippen LogP contribution in [-0.2, 0) is 14.3 Å². The molecular formula is C7H14N2O4. The molecule has 0 heterocycles. The summed E-state index contributed by atoms with van der Waals surface area (Å²) in [5, 5.41) is 8.42. The number of ether oxygens (including phenoxy) is 1. The molecule has 6 nitrogen and oxygen atoms in total. The largest absolute Gasteiger partial charge is 0.480 e. The Morgan fingerprint density at radius 2 is 1.69 bits per heavy atom. The lowest BCUT2D eigenvalue weighted by molar-refractivity contribution is -0.153. The SMILES string of the molecule is CC(C)OC(=O)[C@@H](N)C(N)C(=O)O. The van der Waals surface area contributed by atoms with Crippen LogP contribution in [0.3, 0.4) is 0 Å². The first kappa shape index (κ1) is 11.9. The molecule has 13 heavy (non-hydrogen) atoms. The van der Waals surface area contributed by atoms with Gasteiger partial charge < -0.3 is 21.3 Å². The number of hydrogen-bond acceptors (Lipinski definition) is 5. The molecule has 0 amide bonds. The first-order chi connectivity index (χ1) is 5.86. The summed E-state index contributed by atoms with van der Waals surface area (Å²) in [6, 6.07) is -2.74. The van der Waals surface area contributed by atoms with Gasteiger partial charge in [0.15, 0.2) is 0 Å². The Bertz CT molecular complexity index is 205. The van der Waals surface area contributed by atoms with Crippen LogP contribution in [0.1, 0.15) is 13.8 Å². The summed E-state index contributed by atoms with van der Waals surface area (Å²) < 4.78 is 4.68. The van der Waals surface area contributed by atoms with Gasteiger partial charge in [-0.05, 0) is 13.8 Å². The van der Waals surface area contributed by atoms with E-state index in [9.17, 15) is 9.59 Å². The fourth-order valence-electron chi connectivity index (χ4n) is 0.611. The van der Waals surface area contributed by atoms with E-state index in [1.54, 1.807) is 13.8 Å². The summed E-state index contributed by atoms with van der Waals surface area (Å²) in [4.78, 5) is 21.3. The highest BCUT2D eigenvalue weighted by Crippen LogP contribution is 1.95. The molecule has 1 unspecified atom stereocenters. The quantitative estimate of drug-likeness (QED) is 0.473. The molecule has 2 atom stereocenters. The fourth-order valence-corrected chi connectivity index (χ4v) is 0.611. The molecule has 0 aromatic heterocycles. The van der Waals surface area contributed by atoms with Crippen LogP contribution in [-0.4, -0.2) is 35.2 Å². The van der Waals surface area contributed by atoms with Crippen LogP contribution >= 0.6 is 0 Å². The minimum absolute atomic E-state index is 0.334. The van der Waals surface area contributed by atoms with Crippen molar-refractivity contribution in [2.24, 2.45) is 11.5 Å². The number of hydrogen-bond donors (Lipinski definition) is 3. The topological polar surface area (TPSA) is 116 Å². The van der Waals surface area contributed by atoms with E-state index in [0.29, 0.717) is 0 Å². The van der Waals surface area contributed by atoms with Gasteiger partial charge in [-0.3, -0.25) is 9.59 Å². The predicted octanol–water partition coefficient (Wildman–Crippen LogP) is -1.32. The van der Waals surface area contributed by atoms with Crippen molar-refractivity contribution in [2.45, 2.75) is 32.0 Å². The van der Waals surface area contributed by atoms with Crippen molar-refractivity contribution in [3.8, 4) is 0 Å². The molecule has 0 aliphatic heterocycles. The van der Waals surface area contributed by atoms with Crippen LogP contribution in [0.2, 0.25) is 0 Å². The molecule has 6 heteroatoms. The Morgan fingerprint density at radius 3 is 2.00 bits per heavy atom. The number of carboxylic acids is 1. The molecule has 0 rings (SSSR count). The number of carbonyl (C=O) groups is 2. The number of rotatable bonds is 4. The Labute approximate surface area is 75.8 Å². The molecule has 0 aromatic rings. The third-order valence-electron chi connectivity index (χ3n) is 1.30. The summed E-state index contributed by atoms with van der Waals surface area (Å²) in [7, 11) is 0. The summed E-state index contributed by atoms with van der Waals surface area (Å²) in [5.41, 5.74) is 10.3. The zero-order chi connectivity index (χ0) is 10.6. The van der Waals surface area contributed by atoms with E-state index in [2.05, 4.69) is 4.74 Å². The summed E-state index contributed by atoms with van der Waals surface area (Å²) >= 11 is 0. The van der Waals surface area contributed by atoms with Gasteiger partial charge in [-0.25, -0.2) is 0 Å². The minimum atomic E-state index is -1.42. The first-order valence-corrected chi connectivity index (χ1v) is 3.80. The molecule has 0 spiro atoms. The average Bonchev–Trinajstić information content (AvgIpc) is 2.00. The number of carboxylic acid groups (broad SMARTS) is 1.